The molecule has 1 spiro atoms. The lowest BCUT2D eigenvalue weighted by Gasteiger charge is -2.63. The number of carbonyl (C=O) groups is 2. The number of Topliss-reactive ketones (excluding diaryl/α,β-unsaturated/α-hetero) is 1. The van der Waals surface area contributed by atoms with Gasteiger partial charge in [0.15, 0.2) is 5.78 Å². The molecule has 4 saturated carbocycles. The van der Waals surface area contributed by atoms with Crippen LogP contribution in [0.15, 0.2) is 103 Å². The van der Waals surface area contributed by atoms with Crippen LogP contribution in [0.2, 0.25) is 0 Å². The number of esters is 1. The van der Waals surface area contributed by atoms with E-state index in [1.807, 2.05) is 0 Å². The highest BCUT2D eigenvalue weighted by atomic mass is 31.2. The molecule has 0 aliphatic heterocycles. The van der Waals surface area contributed by atoms with E-state index in [4.69, 9.17) is 4.74 Å². The van der Waals surface area contributed by atoms with Gasteiger partial charge in [0, 0.05) is 17.3 Å². The zero-order valence-electron chi connectivity index (χ0n) is 28.0. The first-order chi connectivity index (χ1) is 22.1. The van der Waals surface area contributed by atoms with Crippen molar-refractivity contribution in [3.63, 3.8) is 0 Å². The molecule has 4 aliphatic carbocycles. The van der Waals surface area contributed by atoms with Crippen molar-refractivity contribution in [3.05, 3.63) is 103 Å². The molecule has 0 radical (unpaired) electrons. The highest BCUT2D eigenvalue weighted by Crippen LogP contribution is 2.74. The second-order valence-electron chi connectivity index (χ2n) is 15.7. The van der Waals surface area contributed by atoms with Gasteiger partial charge in [-0.05, 0) is 111 Å². The lowest BCUT2D eigenvalue weighted by atomic mass is 9.40. The number of hydrogen-bond donors (Lipinski definition) is 0. The summed E-state index contributed by atoms with van der Waals surface area (Å²) in [5, 5.41) is 4.08. The molecule has 0 aromatic heterocycles. The van der Waals surface area contributed by atoms with Gasteiger partial charge >= 0.3 is 5.97 Å². The highest BCUT2D eigenvalue weighted by molar-refractivity contribution is 7.95. The van der Waals surface area contributed by atoms with Crippen LogP contribution in [0.1, 0.15) is 78.6 Å². The van der Waals surface area contributed by atoms with Crippen LogP contribution in [-0.4, -0.2) is 24.5 Å². The Hall–Kier alpha value is -3.03. The van der Waals surface area contributed by atoms with Gasteiger partial charge in [-0.15, -0.1) is 0 Å². The molecule has 4 fully saturated rings. The maximum absolute atomic E-state index is 14.3. The second-order valence-corrected chi connectivity index (χ2v) is 19.3. The van der Waals surface area contributed by atoms with Crippen LogP contribution in [0, 0.1) is 33.5 Å². The predicted molar refractivity (Wildman–Crippen MR) is 190 cm³/mol. The van der Waals surface area contributed by atoms with E-state index in [2.05, 4.69) is 118 Å². The molecule has 0 N–H and O–H groups in total. The fourth-order valence-electron chi connectivity index (χ4n) is 11.3. The Kier molecular flexibility index (Phi) is 7.95. The van der Waals surface area contributed by atoms with Crippen molar-refractivity contribution in [1.29, 1.82) is 0 Å². The van der Waals surface area contributed by atoms with Crippen molar-refractivity contribution in [2.24, 2.45) is 33.5 Å². The minimum atomic E-state index is -1.96. The first-order valence-corrected chi connectivity index (χ1v) is 19.5. The summed E-state index contributed by atoms with van der Waals surface area (Å²) in [4.78, 5) is 27.6. The molecule has 46 heavy (non-hydrogen) atoms. The maximum atomic E-state index is 14.3. The van der Waals surface area contributed by atoms with E-state index in [0.29, 0.717) is 18.3 Å². The van der Waals surface area contributed by atoms with Crippen molar-refractivity contribution < 1.29 is 14.3 Å². The summed E-state index contributed by atoms with van der Waals surface area (Å²) in [5.41, 5.74) is 0.119. The standard InChI is InChI=1S/C42H50O3P/c1-31-37(43)39(2)26-22-36-40(3)24-14-25-41(4,35(40)23-27-42(31,36)30-39)38(44)45-28-15-29-46(32-16-8-5-9-17-32,33-18-10-6-11-19-33)34-20-12-7-13-21-34/h5-13,16-21,35-36H,1,14-15,22-30H2,2-4H3/q+1/t35-,36-,39-,40+,41+,42-/m0/s1. The molecule has 2 bridgehead atoms. The van der Waals surface area contributed by atoms with Crippen LogP contribution in [0.5, 0.6) is 0 Å². The quantitative estimate of drug-likeness (QED) is 0.108. The SMILES string of the molecule is C=C1C(=O)[C@@]2(C)CC[C@@H]3[C@@]1(CC[C@H]1[C@@]3(C)CCC[C@@]1(C)C(=O)OCCC[P+](c1ccccc1)(c1ccccc1)c1ccccc1)C2. The van der Waals surface area contributed by atoms with Crippen LogP contribution < -0.4 is 15.9 Å². The van der Waals surface area contributed by atoms with Gasteiger partial charge in [-0.3, -0.25) is 9.59 Å². The molecule has 0 unspecified atom stereocenters. The summed E-state index contributed by atoms with van der Waals surface area (Å²) in [6.07, 6.45) is 9.75. The van der Waals surface area contributed by atoms with Crippen LogP contribution in [-0.2, 0) is 14.3 Å². The Bertz CT molecular complexity index is 1520. The van der Waals surface area contributed by atoms with Crippen LogP contribution in [0.25, 0.3) is 0 Å². The average Bonchev–Trinajstić information content (AvgIpc) is 3.21. The van der Waals surface area contributed by atoms with Gasteiger partial charge in [0.1, 0.15) is 23.2 Å². The van der Waals surface area contributed by atoms with Crippen molar-refractivity contribution in [3.8, 4) is 0 Å². The normalized spacial score (nSPS) is 33.6. The number of carbonyl (C=O) groups excluding carboxylic acids is 2. The molecule has 0 heterocycles. The summed E-state index contributed by atoms with van der Waals surface area (Å²) in [7, 11) is -1.96. The van der Waals surface area contributed by atoms with E-state index in [1.54, 1.807) is 0 Å². The van der Waals surface area contributed by atoms with Crippen molar-refractivity contribution in [1.82, 2.24) is 0 Å². The summed E-state index contributed by atoms with van der Waals surface area (Å²) in [5.74, 6) is 1.00. The van der Waals surface area contributed by atoms with Crippen LogP contribution in [0.3, 0.4) is 0 Å². The van der Waals surface area contributed by atoms with E-state index in [1.165, 1.54) is 15.9 Å². The van der Waals surface area contributed by atoms with E-state index < -0.39 is 12.7 Å². The third-order valence-corrected chi connectivity index (χ3v) is 17.9. The molecule has 4 heteroatoms. The number of ether oxygens (including phenoxy) is 1. The Labute approximate surface area is 276 Å². The predicted octanol–water partition coefficient (Wildman–Crippen LogP) is 8.45. The zero-order chi connectivity index (χ0) is 32.2. The Morgan fingerprint density at radius 2 is 1.33 bits per heavy atom. The highest BCUT2D eigenvalue weighted by Gasteiger charge is 2.69. The van der Waals surface area contributed by atoms with E-state index in [9.17, 15) is 9.59 Å². The molecule has 3 aromatic rings. The fourth-order valence-corrected chi connectivity index (χ4v) is 15.6. The van der Waals surface area contributed by atoms with Crippen LogP contribution >= 0.6 is 7.26 Å². The number of hydrogen-bond acceptors (Lipinski definition) is 3. The zero-order valence-corrected chi connectivity index (χ0v) is 28.9. The number of ketones is 1. The molecule has 3 nitrogen and oxygen atoms in total. The first kappa shape index (κ1) is 31.6. The lowest BCUT2D eigenvalue weighted by molar-refractivity contribution is -0.184. The third kappa shape index (κ3) is 4.62. The van der Waals surface area contributed by atoms with Gasteiger partial charge in [-0.25, -0.2) is 0 Å². The lowest BCUT2D eigenvalue weighted by Crippen LogP contribution is -2.59. The van der Waals surface area contributed by atoms with E-state index >= 15 is 0 Å². The monoisotopic (exact) mass is 633 g/mol. The van der Waals surface area contributed by atoms with Crippen molar-refractivity contribution >= 4 is 34.9 Å². The molecular weight excluding hydrogens is 583 g/mol. The van der Waals surface area contributed by atoms with Crippen molar-refractivity contribution in [2.75, 3.05) is 12.8 Å². The van der Waals surface area contributed by atoms with Gasteiger partial charge in [0.05, 0.1) is 18.2 Å². The minimum absolute atomic E-state index is 0.00980. The van der Waals surface area contributed by atoms with Gasteiger partial charge in [0.2, 0.25) is 0 Å². The first-order valence-electron chi connectivity index (χ1n) is 17.6. The Morgan fingerprint density at radius 1 is 0.783 bits per heavy atom. The summed E-state index contributed by atoms with van der Waals surface area (Å²) in [6, 6.07) is 32.8. The number of allylic oxidation sites excluding steroid dienone is 1. The number of rotatable bonds is 8. The molecule has 240 valence electrons. The Balaban J connectivity index is 1.11. The molecule has 7 rings (SSSR count). The van der Waals surface area contributed by atoms with Gasteiger partial charge in [-0.2, -0.15) is 0 Å². The van der Waals surface area contributed by atoms with Crippen molar-refractivity contribution in [2.45, 2.75) is 78.6 Å². The van der Waals surface area contributed by atoms with Crippen LogP contribution in [0.4, 0.5) is 0 Å². The molecular formula is C42H50O3P+. The Morgan fingerprint density at radius 3 is 1.89 bits per heavy atom. The van der Waals surface area contributed by atoms with Gasteiger partial charge in [-0.1, -0.05) is 81.4 Å². The van der Waals surface area contributed by atoms with Gasteiger partial charge < -0.3 is 4.74 Å². The smallest absolute Gasteiger partial charge is 0.312 e. The number of fused-ring (bicyclic) bond motifs is 3. The van der Waals surface area contributed by atoms with Gasteiger partial charge in [0.25, 0.3) is 0 Å². The molecule has 6 atom stereocenters. The topological polar surface area (TPSA) is 43.4 Å². The minimum Gasteiger partial charge on any atom is -0.465 e. The van der Waals surface area contributed by atoms with E-state index in [0.717, 1.165) is 69.5 Å². The molecule has 0 saturated heterocycles. The van der Waals surface area contributed by atoms with E-state index in [-0.39, 0.29) is 28.1 Å². The third-order valence-electron chi connectivity index (χ3n) is 13.4. The fraction of sp³-hybridized carbons (Fsp3) is 0.476. The molecule has 0 amide bonds. The average molecular weight is 634 g/mol. The maximum Gasteiger partial charge on any atom is 0.312 e. The second kappa shape index (κ2) is 11.6. The largest absolute Gasteiger partial charge is 0.465 e. The summed E-state index contributed by atoms with van der Waals surface area (Å²) in [6.45, 7) is 11.7. The summed E-state index contributed by atoms with van der Waals surface area (Å²) < 4.78 is 6.34. The molecule has 3 aromatic carbocycles. The number of benzene rings is 3. The molecule has 4 aliphatic rings. The summed E-state index contributed by atoms with van der Waals surface area (Å²) >= 11 is 0.